The van der Waals surface area contributed by atoms with Crippen LogP contribution >= 0.6 is 23.4 Å². The number of imide groups is 1. The van der Waals surface area contributed by atoms with E-state index in [1.807, 2.05) is 24.3 Å². The molecule has 0 atom stereocenters. The number of aryl methyl sites for hydroxylation is 1. The predicted octanol–water partition coefficient (Wildman–Crippen LogP) is 5.02. The molecule has 2 aromatic rings. The zero-order chi connectivity index (χ0) is 18.5. The zero-order valence-corrected chi connectivity index (χ0v) is 15.8. The first-order valence-electron chi connectivity index (χ1n) is 8.29. The summed E-state index contributed by atoms with van der Waals surface area (Å²) in [5, 5.41) is 0.353. The van der Waals surface area contributed by atoms with Crippen molar-refractivity contribution in [1.82, 2.24) is 4.90 Å². The lowest BCUT2D eigenvalue weighted by atomic mass is 10.1. The fourth-order valence-corrected chi connectivity index (χ4v) is 3.47. The van der Waals surface area contributed by atoms with Crippen molar-refractivity contribution in [3.63, 3.8) is 0 Å². The molecule has 2 aromatic carbocycles. The molecule has 0 N–H and O–H groups in total. The number of hydrogen-bond acceptors (Lipinski definition) is 4. The number of carbonyl (C=O) groups excluding carboxylic acids is 2. The highest BCUT2D eigenvalue weighted by Gasteiger charge is 2.34. The van der Waals surface area contributed by atoms with Gasteiger partial charge >= 0.3 is 0 Å². The summed E-state index contributed by atoms with van der Waals surface area (Å²) in [6.07, 6.45) is 2.72. The average molecular weight is 388 g/mol. The van der Waals surface area contributed by atoms with Gasteiger partial charge in [0.2, 0.25) is 0 Å². The maximum absolute atomic E-state index is 12.5. The predicted molar refractivity (Wildman–Crippen MR) is 105 cm³/mol. The van der Waals surface area contributed by atoms with E-state index in [0.29, 0.717) is 15.7 Å². The maximum atomic E-state index is 12.5. The number of carbonyl (C=O) groups is 2. The van der Waals surface area contributed by atoms with Crippen LogP contribution < -0.4 is 4.74 Å². The summed E-state index contributed by atoms with van der Waals surface area (Å²) in [6, 6.07) is 14.9. The Morgan fingerprint density at radius 2 is 1.77 bits per heavy atom. The molecule has 1 fully saturated rings. The zero-order valence-electron chi connectivity index (χ0n) is 14.3. The van der Waals surface area contributed by atoms with Gasteiger partial charge in [0.05, 0.1) is 11.4 Å². The average Bonchev–Trinajstić information content (AvgIpc) is 2.91. The van der Waals surface area contributed by atoms with Crippen LogP contribution in [0.5, 0.6) is 5.75 Å². The molecule has 134 valence electrons. The second kappa shape index (κ2) is 8.43. The largest absolute Gasteiger partial charge is 0.492 e. The van der Waals surface area contributed by atoms with E-state index in [0.717, 1.165) is 23.7 Å². The SMILES string of the molecule is CCc1ccc(/C=C2\SC(=O)N(CCOc3ccc(Cl)cc3)C2=O)cc1. The number of rotatable bonds is 6. The minimum atomic E-state index is -0.278. The van der Waals surface area contributed by atoms with Gasteiger partial charge in [-0.3, -0.25) is 14.5 Å². The Balaban J connectivity index is 1.60. The Morgan fingerprint density at radius 1 is 1.08 bits per heavy atom. The summed E-state index contributed by atoms with van der Waals surface area (Å²) in [6.45, 7) is 2.53. The van der Waals surface area contributed by atoms with Gasteiger partial charge in [-0.1, -0.05) is 42.8 Å². The van der Waals surface area contributed by atoms with Crippen molar-refractivity contribution in [2.24, 2.45) is 0 Å². The van der Waals surface area contributed by atoms with E-state index in [4.69, 9.17) is 16.3 Å². The highest BCUT2D eigenvalue weighted by Crippen LogP contribution is 2.32. The van der Waals surface area contributed by atoms with Gasteiger partial charge in [-0.25, -0.2) is 0 Å². The first-order chi connectivity index (χ1) is 12.6. The van der Waals surface area contributed by atoms with Crippen LogP contribution in [-0.2, 0) is 11.2 Å². The van der Waals surface area contributed by atoms with Crippen molar-refractivity contribution in [1.29, 1.82) is 0 Å². The lowest BCUT2D eigenvalue weighted by Gasteiger charge is -2.13. The summed E-state index contributed by atoms with van der Waals surface area (Å²) in [5.74, 6) is 0.368. The normalized spacial score (nSPS) is 15.8. The molecule has 26 heavy (non-hydrogen) atoms. The van der Waals surface area contributed by atoms with Gasteiger partial charge < -0.3 is 4.74 Å². The third kappa shape index (κ3) is 4.48. The molecular weight excluding hydrogens is 370 g/mol. The number of benzene rings is 2. The molecule has 0 bridgehead atoms. The summed E-state index contributed by atoms with van der Waals surface area (Å²) in [4.78, 5) is 26.3. The summed E-state index contributed by atoms with van der Waals surface area (Å²) in [7, 11) is 0. The van der Waals surface area contributed by atoms with Crippen molar-refractivity contribution in [2.75, 3.05) is 13.2 Å². The van der Waals surface area contributed by atoms with Crippen LogP contribution in [0.1, 0.15) is 18.1 Å². The topological polar surface area (TPSA) is 46.6 Å². The highest BCUT2D eigenvalue weighted by molar-refractivity contribution is 8.18. The second-order valence-corrected chi connectivity index (χ2v) is 7.16. The second-order valence-electron chi connectivity index (χ2n) is 5.73. The number of thioether (sulfide) groups is 1. The number of nitrogens with zero attached hydrogens (tertiary/aromatic N) is 1. The van der Waals surface area contributed by atoms with E-state index in [-0.39, 0.29) is 24.3 Å². The van der Waals surface area contributed by atoms with E-state index in [1.54, 1.807) is 30.3 Å². The van der Waals surface area contributed by atoms with Crippen LogP contribution in [0.15, 0.2) is 53.4 Å². The van der Waals surface area contributed by atoms with E-state index < -0.39 is 0 Å². The number of amides is 2. The van der Waals surface area contributed by atoms with Crippen LogP contribution in [-0.4, -0.2) is 29.2 Å². The lowest BCUT2D eigenvalue weighted by Crippen LogP contribution is -2.32. The van der Waals surface area contributed by atoms with E-state index in [2.05, 4.69) is 6.92 Å². The Kier molecular flexibility index (Phi) is 6.01. The molecule has 3 rings (SSSR count). The molecule has 6 heteroatoms. The molecule has 0 unspecified atom stereocenters. The van der Waals surface area contributed by atoms with Crippen molar-refractivity contribution in [3.8, 4) is 5.75 Å². The minimum Gasteiger partial charge on any atom is -0.492 e. The van der Waals surface area contributed by atoms with Crippen molar-refractivity contribution >= 4 is 40.6 Å². The van der Waals surface area contributed by atoms with Crippen molar-refractivity contribution in [2.45, 2.75) is 13.3 Å². The Hall–Kier alpha value is -2.24. The molecule has 2 amide bonds. The number of ether oxygens (including phenoxy) is 1. The smallest absolute Gasteiger partial charge is 0.293 e. The molecule has 1 heterocycles. The summed E-state index contributed by atoms with van der Waals surface area (Å²) in [5.41, 5.74) is 2.14. The molecule has 0 spiro atoms. The molecule has 0 aromatic heterocycles. The summed E-state index contributed by atoms with van der Waals surface area (Å²) < 4.78 is 5.57. The Morgan fingerprint density at radius 3 is 2.42 bits per heavy atom. The third-order valence-electron chi connectivity index (χ3n) is 3.96. The molecule has 0 radical (unpaired) electrons. The van der Waals surface area contributed by atoms with Crippen LogP contribution in [0.2, 0.25) is 5.02 Å². The molecule has 0 saturated carbocycles. The molecular formula is C20H18ClNO3S. The van der Waals surface area contributed by atoms with Gasteiger partial charge in [-0.15, -0.1) is 0 Å². The molecule has 0 aliphatic carbocycles. The van der Waals surface area contributed by atoms with Gasteiger partial charge in [0, 0.05) is 5.02 Å². The van der Waals surface area contributed by atoms with Gasteiger partial charge in [0.25, 0.3) is 11.1 Å². The van der Waals surface area contributed by atoms with E-state index in [9.17, 15) is 9.59 Å². The molecule has 1 aliphatic heterocycles. The first kappa shape index (κ1) is 18.5. The van der Waals surface area contributed by atoms with Crippen LogP contribution in [0, 0.1) is 0 Å². The van der Waals surface area contributed by atoms with Gasteiger partial charge in [-0.05, 0) is 59.7 Å². The van der Waals surface area contributed by atoms with Gasteiger partial charge in [-0.2, -0.15) is 0 Å². The Bertz CT molecular complexity index is 831. The van der Waals surface area contributed by atoms with Gasteiger partial charge in [0.1, 0.15) is 12.4 Å². The number of hydrogen-bond donors (Lipinski definition) is 0. The van der Waals surface area contributed by atoms with Crippen molar-refractivity contribution < 1.29 is 14.3 Å². The minimum absolute atomic E-state index is 0.208. The van der Waals surface area contributed by atoms with Gasteiger partial charge in [0.15, 0.2) is 0 Å². The fraction of sp³-hybridized carbons (Fsp3) is 0.200. The molecule has 1 aliphatic rings. The standard InChI is InChI=1S/C20H18ClNO3S/c1-2-14-3-5-15(6-4-14)13-18-19(23)22(20(24)26-18)11-12-25-17-9-7-16(21)8-10-17/h3-10,13H,2,11-12H2,1H3/b18-13-. The third-order valence-corrected chi connectivity index (χ3v) is 5.12. The van der Waals surface area contributed by atoms with E-state index >= 15 is 0 Å². The lowest BCUT2D eigenvalue weighted by molar-refractivity contribution is -0.123. The molecule has 4 nitrogen and oxygen atoms in total. The van der Waals surface area contributed by atoms with Crippen LogP contribution in [0.25, 0.3) is 6.08 Å². The van der Waals surface area contributed by atoms with Crippen LogP contribution in [0.3, 0.4) is 0 Å². The monoisotopic (exact) mass is 387 g/mol. The quantitative estimate of drug-likeness (QED) is 0.653. The highest BCUT2D eigenvalue weighted by atomic mass is 35.5. The molecule has 1 saturated heterocycles. The van der Waals surface area contributed by atoms with Crippen molar-refractivity contribution in [3.05, 3.63) is 69.6 Å². The van der Waals surface area contributed by atoms with E-state index in [1.165, 1.54) is 10.5 Å². The maximum Gasteiger partial charge on any atom is 0.293 e. The first-order valence-corrected chi connectivity index (χ1v) is 9.49. The van der Waals surface area contributed by atoms with Crippen LogP contribution in [0.4, 0.5) is 4.79 Å². The summed E-state index contributed by atoms with van der Waals surface area (Å²) >= 11 is 6.79. The number of halogens is 1. The Labute approximate surface area is 161 Å². The fourth-order valence-electron chi connectivity index (χ4n) is 2.48.